The van der Waals surface area contributed by atoms with Crippen molar-refractivity contribution in [3.05, 3.63) is 53.6 Å². The molecule has 0 aromatic heterocycles. The number of amides is 3. The maximum absolute atomic E-state index is 12.4. The second-order valence-electron chi connectivity index (χ2n) is 6.62. The quantitative estimate of drug-likeness (QED) is 0.805. The van der Waals surface area contributed by atoms with Gasteiger partial charge in [0.05, 0.1) is 5.69 Å². The third kappa shape index (κ3) is 4.49. The van der Waals surface area contributed by atoms with Gasteiger partial charge in [-0.15, -0.1) is 0 Å². The van der Waals surface area contributed by atoms with Crippen molar-refractivity contribution in [3.63, 3.8) is 0 Å². The number of aryl methyl sites for hydroxylation is 1. The van der Waals surface area contributed by atoms with Crippen LogP contribution in [0.4, 0.5) is 11.4 Å². The summed E-state index contributed by atoms with van der Waals surface area (Å²) < 4.78 is 5.45. The van der Waals surface area contributed by atoms with Gasteiger partial charge in [0.25, 0.3) is 11.8 Å². The lowest BCUT2D eigenvalue weighted by Crippen LogP contribution is -2.45. The molecule has 0 saturated carbocycles. The van der Waals surface area contributed by atoms with Crippen molar-refractivity contribution in [2.24, 2.45) is 0 Å². The predicted octanol–water partition coefficient (Wildman–Crippen LogP) is 2.50. The Balaban J connectivity index is 1.79. The van der Waals surface area contributed by atoms with Gasteiger partial charge >= 0.3 is 0 Å². The van der Waals surface area contributed by atoms with Crippen LogP contribution < -0.4 is 20.3 Å². The number of nitrogens with one attached hydrogen (secondary N) is 2. The van der Waals surface area contributed by atoms with Crippen molar-refractivity contribution < 1.29 is 19.1 Å². The fourth-order valence-electron chi connectivity index (χ4n) is 2.83. The zero-order valence-corrected chi connectivity index (χ0v) is 16.0. The number of rotatable bonds is 6. The van der Waals surface area contributed by atoms with E-state index < -0.39 is 0 Å². The highest BCUT2D eigenvalue weighted by Crippen LogP contribution is 2.34. The summed E-state index contributed by atoms with van der Waals surface area (Å²) in [6, 6.07) is 12.3. The van der Waals surface area contributed by atoms with Crippen LogP contribution in [0.15, 0.2) is 42.5 Å². The highest BCUT2D eigenvalue weighted by Gasteiger charge is 2.27. The standard InChI is InChI=1S/C21H23N3O4/c1-3-10-22-19(25)12-24-17-11-16(8-9-18(17)28-13-20(24)26)23-21(27)15-6-4-14(2)5-7-15/h4-9,11H,3,10,12-13H2,1-2H3,(H,22,25)(H,23,27). The topological polar surface area (TPSA) is 87.7 Å². The van der Waals surface area contributed by atoms with Crippen LogP contribution in [0, 0.1) is 6.92 Å². The number of hydrogen-bond acceptors (Lipinski definition) is 4. The molecule has 3 rings (SSSR count). The molecule has 1 aliphatic rings. The Morgan fingerprint density at radius 3 is 2.61 bits per heavy atom. The molecule has 2 N–H and O–H groups in total. The average molecular weight is 381 g/mol. The van der Waals surface area contributed by atoms with Crippen LogP contribution in [0.3, 0.4) is 0 Å². The predicted molar refractivity (Wildman–Crippen MR) is 107 cm³/mol. The van der Waals surface area contributed by atoms with Crippen molar-refractivity contribution in [3.8, 4) is 5.75 Å². The summed E-state index contributed by atoms with van der Waals surface area (Å²) in [7, 11) is 0. The Morgan fingerprint density at radius 2 is 1.89 bits per heavy atom. The van der Waals surface area contributed by atoms with Crippen LogP contribution in [-0.2, 0) is 9.59 Å². The van der Waals surface area contributed by atoms with Gasteiger partial charge in [-0.2, -0.15) is 0 Å². The van der Waals surface area contributed by atoms with Crippen molar-refractivity contribution in [2.45, 2.75) is 20.3 Å². The van der Waals surface area contributed by atoms with Crippen molar-refractivity contribution in [1.29, 1.82) is 0 Å². The third-order valence-corrected chi connectivity index (χ3v) is 4.35. The van der Waals surface area contributed by atoms with E-state index in [-0.39, 0.29) is 30.9 Å². The highest BCUT2D eigenvalue weighted by molar-refractivity contribution is 6.06. The Kier molecular flexibility index (Phi) is 5.93. The highest BCUT2D eigenvalue weighted by atomic mass is 16.5. The van der Waals surface area contributed by atoms with Crippen molar-refractivity contribution >= 4 is 29.1 Å². The summed E-state index contributed by atoms with van der Waals surface area (Å²) >= 11 is 0. The van der Waals surface area contributed by atoms with E-state index in [0.29, 0.717) is 29.2 Å². The van der Waals surface area contributed by atoms with E-state index in [1.54, 1.807) is 30.3 Å². The lowest BCUT2D eigenvalue weighted by molar-refractivity contribution is -0.125. The Bertz CT molecular complexity index is 893. The first kappa shape index (κ1) is 19.4. The van der Waals surface area contributed by atoms with Gasteiger partial charge in [-0.3, -0.25) is 19.3 Å². The molecule has 0 saturated heterocycles. The van der Waals surface area contributed by atoms with Gasteiger partial charge in [0.15, 0.2) is 6.61 Å². The van der Waals surface area contributed by atoms with Crippen LogP contribution in [0.1, 0.15) is 29.3 Å². The smallest absolute Gasteiger partial charge is 0.265 e. The molecule has 0 fully saturated rings. The van der Waals surface area contributed by atoms with Crippen LogP contribution >= 0.6 is 0 Å². The van der Waals surface area contributed by atoms with Crippen LogP contribution in [0.5, 0.6) is 5.75 Å². The van der Waals surface area contributed by atoms with E-state index >= 15 is 0 Å². The van der Waals surface area contributed by atoms with Gasteiger partial charge in [0.1, 0.15) is 12.3 Å². The molecule has 0 unspecified atom stereocenters. The Labute approximate surface area is 163 Å². The first-order valence-electron chi connectivity index (χ1n) is 9.20. The summed E-state index contributed by atoms with van der Waals surface area (Å²) in [6.45, 7) is 4.25. The molecule has 0 bridgehead atoms. The normalized spacial score (nSPS) is 12.8. The molecule has 0 radical (unpaired) electrons. The van der Waals surface area contributed by atoms with Gasteiger partial charge in [0, 0.05) is 17.8 Å². The molecule has 7 heteroatoms. The minimum absolute atomic E-state index is 0.0927. The third-order valence-electron chi connectivity index (χ3n) is 4.35. The first-order chi connectivity index (χ1) is 13.5. The van der Waals surface area contributed by atoms with Gasteiger partial charge in [-0.05, 0) is 43.7 Å². The SMILES string of the molecule is CCCNC(=O)CN1C(=O)COc2ccc(NC(=O)c3ccc(C)cc3)cc21. The summed E-state index contributed by atoms with van der Waals surface area (Å²) in [6.07, 6.45) is 0.814. The monoisotopic (exact) mass is 381 g/mol. The Morgan fingerprint density at radius 1 is 1.14 bits per heavy atom. The van der Waals surface area contributed by atoms with E-state index in [1.807, 2.05) is 26.0 Å². The molecule has 0 aliphatic carbocycles. The molecule has 2 aromatic rings. The molecule has 3 amide bonds. The van der Waals surface area contributed by atoms with Crippen LogP contribution in [0.2, 0.25) is 0 Å². The minimum atomic E-state index is -0.304. The second kappa shape index (κ2) is 8.56. The van der Waals surface area contributed by atoms with Crippen LogP contribution in [-0.4, -0.2) is 37.4 Å². The minimum Gasteiger partial charge on any atom is -0.482 e. The fraction of sp³-hybridized carbons (Fsp3) is 0.286. The number of hydrogen-bond donors (Lipinski definition) is 2. The van der Waals surface area contributed by atoms with E-state index in [1.165, 1.54) is 4.90 Å². The molecule has 1 heterocycles. The van der Waals surface area contributed by atoms with E-state index in [9.17, 15) is 14.4 Å². The molecule has 28 heavy (non-hydrogen) atoms. The largest absolute Gasteiger partial charge is 0.482 e. The zero-order valence-electron chi connectivity index (χ0n) is 16.0. The Hall–Kier alpha value is -3.35. The van der Waals surface area contributed by atoms with Gasteiger partial charge < -0.3 is 15.4 Å². The fourth-order valence-corrected chi connectivity index (χ4v) is 2.83. The molecular weight excluding hydrogens is 358 g/mol. The molecule has 1 aliphatic heterocycles. The maximum Gasteiger partial charge on any atom is 0.265 e. The summed E-state index contributed by atoms with van der Waals surface area (Å²) in [4.78, 5) is 38.2. The lowest BCUT2D eigenvalue weighted by Gasteiger charge is -2.29. The molecule has 0 atom stereocenters. The molecule has 7 nitrogen and oxygen atoms in total. The van der Waals surface area contributed by atoms with E-state index in [0.717, 1.165) is 12.0 Å². The van der Waals surface area contributed by atoms with Crippen molar-refractivity contribution in [1.82, 2.24) is 5.32 Å². The zero-order chi connectivity index (χ0) is 20.1. The van der Waals surface area contributed by atoms with Gasteiger partial charge in [0.2, 0.25) is 5.91 Å². The molecule has 146 valence electrons. The van der Waals surface area contributed by atoms with Gasteiger partial charge in [-0.25, -0.2) is 0 Å². The number of fused-ring (bicyclic) bond motifs is 1. The second-order valence-corrected chi connectivity index (χ2v) is 6.62. The first-order valence-corrected chi connectivity index (χ1v) is 9.20. The lowest BCUT2D eigenvalue weighted by atomic mass is 10.1. The van der Waals surface area contributed by atoms with E-state index in [4.69, 9.17) is 4.74 Å². The number of ether oxygens (including phenoxy) is 1. The molecule has 0 spiro atoms. The molecular formula is C21H23N3O4. The van der Waals surface area contributed by atoms with Crippen molar-refractivity contribution in [2.75, 3.05) is 29.9 Å². The van der Waals surface area contributed by atoms with Crippen LogP contribution in [0.25, 0.3) is 0 Å². The maximum atomic E-state index is 12.4. The summed E-state index contributed by atoms with van der Waals surface area (Å²) in [5.41, 5.74) is 2.58. The number of carbonyl (C=O) groups excluding carboxylic acids is 3. The number of nitrogens with zero attached hydrogens (tertiary/aromatic N) is 1. The number of benzene rings is 2. The number of carbonyl (C=O) groups is 3. The summed E-state index contributed by atoms with van der Waals surface area (Å²) in [5, 5.41) is 5.58. The number of anilines is 2. The van der Waals surface area contributed by atoms with Gasteiger partial charge in [-0.1, -0.05) is 24.6 Å². The molecule has 2 aromatic carbocycles. The summed E-state index contributed by atoms with van der Waals surface area (Å²) in [5.74, 6) is -0.301. The van der Waals surface area contributed by atoms with E-state index in [2.05, 4.69) is 10.6 Å². The average Bonchev–Trinajstić information content (AvgIpc) is 2.69.